The van der Waals surface area contributed by atoms with Gasteiger partial charge in [-0.05, 0) is 46.1 Å². The molecule has 0 radical (unpaired) electrons. The number of thiazole rings is 1. The van der Waals surface area contributed by atoms with Crippen LogP contribution in [0.2, 0.25) is 0 Å². The summed E-state index contributed by atoms with van der Waals surface area (Å²) < 4.78 is 37.8. The summed E-state index contributed by atoms with van der Waals surface area (Å²) in [5.74, 6) is 1.17. The number of hydrogen-bond acceptors (Lipinski definition) is 4. The van der Waals surface area contributed by atoms with E-state index in [4.69, 9.17) is 0 Å². The zero-order valence-electron chi connectivity index (χ0n) is 15.6. The molecule has 0 saturated carbocycles. The van der Waals surface area contributed by atoms with Gasteiger partial charge in [0.1, 0.15) is 5.01 Å². The quantitative estimate of drug-likeness (QED) is 0.577. The second kappa shape index (κ2) is 9.55. The van der Waals surface area contributed by atoms with E-state index in [2.05, 4.69) is 39.4 Å². The lowest BCUT2D eigenvalue weighted by Crippen LogP contribution is -2.46. The maximum Gasteiger partial charge on any atom is 0.434 e. The van der Waals surface area contributed by atoms with Gasteiger partial charge in [0, 0.05) is 31.1 Å². The average molecular weight is 392 g/mol. The Morgan fingerprint density at radius 3 is 2.81 bits per heavy atom. The normalized spacial score (nSPS) is 19.8. The number of alkyl halides is 3. The molecule has 1 saturated heterocycles. The van der Waals surface area contributed by atoms with Crippen molar-refractivity contribution in [3.63, 3.8) is 0 Å². The number of likely N-dealkylation sites (tertiary alicyclic amines) is 1. The summed E-state index contributed by atoms with van der Waals surface area (Å²) in [4.78, 5) is 10.5. The molecule has 0 bridgehead atoms. The summed E-state index contributed by atoms with van der Waals surface area (Å²) in [6.07, 6.45) is -2.03. The van der Waals surface area contributed by atoms with Crippen LogP contribution in [0.4, 0.5) is 13.2 Å². The molecule has 1 aliphatic heterocycles. The molecule has 0 amide bonds. The van der Waals surface area contributed by atoms with Crippen LogP contribution in [0.1, 0.15) is 44.3 Å². The van der Waals surface area contributed by atoms with Gasteiger partial charge in [-0.15, -0.1) is 11.3 Å². The summed E-state index contributed by atoms with van der Waals surface area (Å²) in [6, 6.07) is 0.549. The SMILES string of the molecule is CCNC(=NCc1nc(C(F)(F)F)cs1)NCC1CCCN(C(C)C)C1. The maximum atomic E-state index is 12.6. The van der Waals surface area contributed by atoms with Crippen LogP contribution in [0.15, 0.2) is 10.4 Å². The second-order valence-electron chi connectivity index (χ2n) is 6.80. The lowest BCUT2D eigenvalue weighted by Gasteiger charge is -2.35. The lowest BCUT2D eigenvalue weighted by atomic mass is 9.97. The summed E-state index contributed by atoms with van der Waals surface area (Å²) in [6.45, 7) is 10.2. The number of piperidine rings is 1. The molecule has 1 aromatic heterocycles. The van der Waals surface area contributed by atoms with E-state index in [0.717, 1.165) is 36.4 Å². The van der Waals surface area contributed by atoms with Crippen molar-refractivity contribution in [2.45, 2.75) is 52.4 Å². The Morgan fingerprint density at radius 2 is 2.19 bits per heavy atom. The fourth-order valence-corrected chi connectivity index (χ4v) is 3.70. The van der Waals surface area contributed by atoms with Crippen molar-refractivity contribution in [2.75, 3.05) is 26.2 Å². The van der Waals surface area contributed by atoms with Crippen LogP contribution in [0.5, 0.6) is 0 Å². The first-order chi connectivity index (χ1) is 12.3. The van der Waals surface area contributed by atoms with Gasteiger partial charge in [0.05, 0.1) is 6.54 Å². The first-order valence-electron chi connectivity index (χ1n) is 9.07. The average Bonchev–Trinajstić information content (AvgIpc) is 3.07. The number of hydrogen-bond donors (Lipinski definition) is 2. The minimum absolute atomic E-state index is 0.138. The Labute approximate surface area is 157 Å². The van der Waals surface area contributed by atoms with Crippen LogP contribution < -0.4 is 10.6 Å². The van der Waals surface area contributed by atoms with Crippen molar-refractivity contribution < 1.29 is 13.2 Å². The van der Waals surface area contributed by atoms with E-state index in [1.54, 1.807) is 0 Å². The highest BCUT2D eigenvalue weighted by atomic mass is 32.1. The number of aromatic nitrogens is 1. The molecule has 0 aliphatic carbocycles. The number of nitrogens with one attached hydrogen (secondary N) is 2. The first kappa shape index (κ1) is 21.0. The molecule has 0 spiro atoms. The van der Waals surface area contributed by atoms with Gasteiger partial charge in [-0.1, -0.05) is 0 Å². The summed E-state index contributed by atoms with van der Waals surface area (Å²) in [5, 5.41) is 7.86. The van der Waals surface area contributed by atoms with Crippen molar-refractivity contribution >= 4 is 17.3 Å². The van der Waals surface area contributed by atoms with Gasteiger partial charge in [-0.2, -0.15) is 13.2 Å². The summed E-state index contributed by atoms with van der Waals surface area (Å²) in [7, 11) is 0. The van der Waals surface area contributed by atoms with Crippen molar-refractivity contribution in [1.29, 1.82) is 0 Å². The van der Waals surface area contributed by atoms with Gasteiger partial charge in [-0.3, -0.25) is 0 Å². The fourth-order valence-electron chi connectivity index (χ4n) is 2.98. The van der Waals surface area contributed by atoms with Gasteiger partial charge in [0.15, 0.2) is 11.7 Å². The molecule has 1 aliphatic rings. The van der Waals surface area contributed by atoms with Crippen LogP contribution in [-0.2, 0) is 12.7 Å². The zero-order valence-corrected chi connectivity index (χ0v) is 16.4. The number of nitrogens with zero attached hydrogens (tertiary/aromatic N) is 3. The molecule has 1 fully saturated rings. The Kier molecular flexibility index (Phi) is 7.69. The van der Waals surface area contributed by atoms with Gasteiger partial charge >= 0.3 is 6.18 Å². The van der Waals surface area contributed by atoms with Crippen molar-refractivity contribution in [3.05, 3.63) is 16.1 Å². The highest BCUT2D eigenvalue weighted by Gasteiger charge is 2.33. The van der Waals surface area contributed by atoms with E-state index in [0.29, 0.717) is 29.5 Å². The molecule has 0 aromatic carbocycles. The van der Waals surface area contributed by atoms with Crippen LogP contribution in [0.3, 0.4) is 0 Å². The number of halogens is 3. The summed E-state index contributed by atoms with van der Waals surface area (Å²) >= 11 is 0.986. The molecular formula is C17H28F3N5S. The molecule has 1 aromatic rings. The highest BCUT2D eigenvalue weighted by molar-refractivity contribution is 7.09. The smallest absolute Gasteiger partial charge is 0.357 e. The third kappa shape index (κ3) is 6.42. The molecule has 2 rings (SSSR count). The van der Waals surface area contributed by atoms with Crippen LogP contribution in [0.25, 0.3) is 0 Å². The van der Waals surface area contributed by atoms with Gasteiger partial charge in [0.25, 0.3) is 0 Å². The Hall–Kier alpha value is -1.35. The lowest BCUT2D eigenvalue weighted by molar-refractivity contribution is -0.140. The molecular weight excluding hydrogens is 363 g/mol. The standard InChI is InChI=1S/C17H28F3N5S/c1-4-21-16(22-8-13-6-5-7-25(10-13)12(2)3)23-9-15-24-14(11-26-15)17(18,19)20/h11-13H,4-10H2,1-3H3,(H2,21,22,23). The minimum atomic E-state index is -4.40. The van der Waals surface area contributed by atoms with E-state index in [1.807, 2.05) is 6.92 Å². The molecule has 1 unspecified atom stereocenters. The maximum absolute atomic E-state index is 12.6. The van der Waals surface area contributed by atoms with E-state index < -0.39 is 11.9 Å². The van der Waals surface area contributed by atoms with Crippen LogP contribution >= 0.6 is 11.3 Å². The Morgan fingerprint density at radius 1 is 1.42 bits per heavy atom. The van der Waals surface area contributed by atoms with Crippen molar-refractivity contribution in [1.82, 2.24) is 20.5 Å². The van der Waals surface area contributed by atoms with Crippen molar-refractivity contribution in [2.24, 2.45) is 10.9 Å². The van der Waals surface area contributed by atoms with Gasteiger partial charge in [-0.25, -0.2) is 9.98 Å². The number of rotatable bonds is 6. The number of aliphatic imine (C=N–C) groups is 1. The topological polar surface area (TPSA) is 52.6 Å². The number of guanidine groups is 1. The molecule has 2 N–H and O–H groups in total. The predicted molar refractivity (Wildman–Crippen MR) is 99.4 cm³/mol. The molecule has 9 heteroatoms. The zero-order chi connectivity index (χ0) is 19.2. The van der Waals surface area contributed by atoms with E-state index in [9.17, 15) is 13.2 Å². The fraction of sp³-hybridized carbons (Fsp3) is 0.765. The molecule has 1 atom stereocenters. The van der Waals surface area contributed by atoms with E-state index in [1.165, 1.54) is 12.8 Å². The Bertz CT molecular complexity index is 585. The second-order valence-corrected chi connectivity index (χ2v) is 7.74. The third-order valence-corrected chi connectivity index (χ3v) is 5.23. The van der Waals surface area contributed by atoms with Gasteiger partial charge < -0.3 is 15.5 Å². The van der Waals surface area contributed by atoms with E-state index in [-0.39, 0.29) is 6.54 Å². The van der Waals surface area contributed by atoms with E-state index >= 15 is 0 Å². The predicted octanol–water partition coefficient (Wildman–Crippen LogP) is 3.34. The van der Waals surface area contributed by atoms with Crippen LogP contribution in [0, 0.1) is 5.92 Å². The van der Waals surface area contributed by atoms with Gasteiger partial charge in [0.2, 0.25) is 0 Å². The molecule has 26 heavy (non-hydrogen) atoms. The monoisotopic (exact) mass is 391 g/mol. The largest absolute Gasteiger partial charge is 0.434 e. The summed E-state index contributed by atoms with van der Waals surface area (Å²) in [5.41, 5.74) is -0.846. The van der Waals surface area contributed by atoms with Crippen molar-refractivity contribution in [3.8, 4) is 0 Å². The molecule has 148 valence electrons. The third-order valence-electron chi connectivity index (χ3n) is 4.40. The minimum Gasteiger partial charge on any atom is -0.357 e. The molecule has 2 heterocycles. The first-order valence-corrected chi connectivity index (χ1v) is 9.95. The van der Waals surface area contributed by atoms with Crippen LogP contribution in [-0.4, -0.2) is 48.1 Å². The highest BCUT2D eigenvalue weighted by Crippen LogP contribution is 2.30. The molecule has 5 nitrogen and oxygen atoms in total. The Balaban J connectivity index is 1.89.